The first-order chi connectivity index (χ1) is 10.7. The molecule has 0 amide bonds. The lowest BCUT2D eigenvalue weighted by atomic mass is 9.89. The van der Waals surface area contributed by atoms with Gasteiger partial charge in [-0.2, -0.15) is 8.42 Å². The number of hydroxylamine groups is 3. The maximum absolute atomic E-state index is 12.0. The van der Waals surface area contributed by atoms with Gasteiger partial charge < -0.3 is 14.8 Å². The van der Waals surface area contributed by atoms with E-state index in [4.69, 9.17) is 4.55 Å². The van der Waals surface area contributed by atoms with Gasteiger partial charge >= 0.3 is 0 Å². The highest BCUT2D eigenvalue weighted by molar-refractivity contribution is 7.85. The van der Waals surface area contributed by atoms with Crippen LogP contribution in [0.4, 0.5) is 0 Å². The number of hydrogen-bond acceptors (Lipinski definition) is 3. The molecule has 0 unspecified atom stereocenters. The van der Waals surface area contributed by atoms with E-state index in [1.54, 1.807) is 7.05 Å². The first-order valence-electron chi connectivity index (χ1n) is 7.84. The lowest BCUT2D eigenvalue weighted by molar-refractivity contribution is -0.866. The van der Waals surface area contributed by atoms with Crippen LogP contribution in [0.2, 0.25) is 0 Å². The van der Waals surface area contributed by atoms with Crippen LogP contribution in [0.25, 0.3) is 10.9 Å². The van der Waals surface area contributed by atoms with E-state index in [1.807, 2.05) is 24.4 Å². The van der Waals surface area contributed by atoms with Crippen molar-refractivity contribution >= 4 is 21.0 Å². The summed E-state index contributed by atoms with van der Waals surface area (Å²) < 4.78 is 30.5. The van der Waals surface area contributed by atoms with Gasteiger partial charge in [0, 0.05) is 29.9 Å². The van der Waals surface area contributed by atoms with Crippen LogP contribution in [0.15, 0.2) is 24.4 Å². The van der Waals surface area contributed by atoms with E-state index in [-0.39, 0.29) is 10.4 Å². The minimum atomic E-state index is -3.95. The number of nitrogens with zero attached hydrogens (tertiary/aromatic N) is 1. The standard InChI is InChI=1S/C16H22N2O4S/c1-18(19)7-4-13(5-8-18)15-11-17-16-3-2-12(10-14(15)16)6-9-23(20,21)22/h2-3,10-11,13,17H,4-9H2,1H3,(H,20,21,22). The molecule has 0 radical (unpaired) electrons. The fourth-order valence-electron chi connectivity index (χ4n) is 3.35. The van der Waals surface area contributed by atoms with Crippen molar-refractivity contribution in [3.63, 3.8) is 0 Å². The molecule has 7 heteroatoms. The molecule has 0 saturated carbocycles. The van der Waals surface area contributed by atoms with Crippen molar-refractivity contribution in [1.82, 2.24) is 4.98 Å². The van der Waals surface area contributed by atoms with Gasteiger partial charge in [-0.25, -0.2) is 0 Å². The van der Waals surface area contributed by atoms with E-state index < -0.39 is 10.1 Å². The number of piperidine rings is 1. The van der Waals surface area contributed by atoms with Crippen molar-refractivity contribution in [2.75, 3.05) is 25.9 Å². The summed E-state index contributed by atoms with van der Waals surface area (Å²) in [6, 6.07) is 5.81. The Labute approximate surface area is 136 Å². The molecule has 6 nitrogen and oxygen atoms in total. The average molecular weight is 338 g/mol. The SMILES string of the molecule is C[N+]1([O-])CCC(c2c[nH]c3ccc(CCS(=O)(=O)O)cc23)CC1. The zero-order chi connectivity index (χ0) is 16.7. The highest BCUT2D eigenvalue weighted by Gasteiger charge is 2.26. The lowest BCUT2D eigenvalue weighted by Gasteiger charge is -2.44. The lowest BCUT2D eigenvalue weighted by Crippen LogP contribution is -2.43. The Kier molecular flexibility index (Phi) is 4.22. The van der Waals surface area contributed by atoms with Crippen LogP contribution in [-0.4, -0.2) is 48.5 Å². The predicted octanol–water partition coefficient (Wildman–Crippen LogP) is 2.42. The number of quaternary nitrogens is 1. The molecule has 1 aliphatic rings. The Morgan fingerprint density at radius 1 is 1.35 bits per heavy atom. The Morgan fingerprint density at radius 2 is 2.04 bits per heavy atom. The number of aromatic nitrogens is 1. The molecule has 1 saturated heterocycles. The number of fused-ring (bicyclic) bond motifs is 1. The average Bonchev–Trinajstić information content (AvgIpc) is 2.87. The molecule has 0 aliphatic carbocycles. The van der Waals surface area contributed by atoms with Crippen molar-refractivity contribution < 1.29 is 17.6 Å². The second-order valence-corrected chi connectivity index (χ2v) is 8.25. The third-order valence-corrected chi connectivity index (χ3v) is 5.49. The van der Waals surface area contributed by atoms with Crippen molar-refractivity contribution in [2.45, 2.75) is 25.2 Å². The Morgan fingerprint density at radius 3 is 2.70 bits per heavy atom. The summed E-state index contributed by atoms with van der Waals surface area (Å²) >= 11 is 0. The Hall–Kier alpha value is -1.41. The number of benzene rings is 1. The molecule has 126 valence electrons. The number of likely N-dealkylation sites (tertiary alicyclic amines) is 1. The molecular formula is C16H22N2O4S. The van der Waals surface area contributed by atoms with Crippen molar-refractivity contribution in [1.29, 1.82) is 0 Å². The van der Waals surface area contributed by atoms with Crippen molar-refractivity contribution in [3.8, 4) is 0 Å². The van der Waals surface area contributed by atoms with Crippen LogP contribution in [0.5, 0.6) is 0 Å². The van der Waals surface area contributed by atoms with E-state index in [0.717, 1.165) is 29.3 Å². The monoisotopic (exact) mass is 338 g/mol. The molecule has 0 bridgehead atoms. The first kappa shape index (κ1) is 16.4. The van der Waals surface area contributed by atoms with E-state index in [1.165, 1.54) is 5.56 Å². The fourth-order valence-corrected chi connectivity index (χ4v) is 3.85. The first-order valence-corrected chi connectivity index (χ1v) is 9.45. The summed E-state index contributed by atoms with van der Waals surface area (Å²) in [6.45, 7) is 1.25. The molecule has 1 fully saturated rings. The largest absolute Gasteiger partial charge is 0.633 e. The van der Waals surface area contributed by atoms with Gasteiger partial charge in [0.2, 0.25) is 0 Å². The van der Waals surface area contributed by atoms with Crippen LogP contribution < -0.4 is 0 Å². The van der Waals surface area contributed by atoms with Gasteiger partial charge in [-0.1, -0.05) is 6.07 Å². The summed E-state index contributed by atoms with van der Waals surface area (Å²) in [6.07, 6.45) is 4.02. The maximum atomic E-state index is 12.0. The van der Waals surface area contributed by atoms with Gasteiger partial charge in [0.15, 0.2) is 0 Å². The van der Waals surface area contributed by atoms with Crippen molar-refractivity contribution in [2.24, 2.45) is 0 Å². The van der Waals surface area contributed by atoms with Crippen LogP contribution in [-0.2, 0) is 16.5 Å². The van der Waals surface area contributed by atoms with Gasteiger partial charge in [-0.3, -0.25) is 4.55 Å². The van der Waals surface area contributed by atoms with Gasteiger partial charge in [0.1, 0.15) is 0 Å². The fraction of sp³-hybridized carbons (Fsp3) is 0.500. The zero-order valence-electron chi connectivity index (χ0n) is 13.2. The molecule has 0 spiro atoms. The smallest absolute Gasteiger partial charge is 0.265 e. The second kappa shape index (κ2) is 5.90. The van der Waals surface area contributed by atoms with E-state index in [9.17, 15) is 13.6 Å². The summed E-state index contributed by atoms with van der Waals surface area (Å²) in [5, 5.41) is 13.1. The van der Waals surface area contributed by atoms with Crippen LogP contribution in [0, 0.1) is 5.21 Å². The van der Waals surface area contributed by atoms with Crippen LogP contribution >= 0.6 is 0 Å². The number of aromatic amines is 1. The molecule has 1 aromatic heterocycles. The molecule has 0 atom stereocenters. The normalized spacial score (nSPS) is 25.8. The van der Waals surface area contributed by atoms with Crippen LogP contribution in [0.1, 0.15) is 29.9 Å². The summed E-state index contributed by atoms with van der Waals surface area (Å²) in [5.74, 6) is 0.0917. The number of H-pyrrole nitrogens is 1. The van der Waals surface area contributed by atoms with Gasteiger partial charge in [-0.05, 0) is 35.6 Å². The zero-order valence-corrected chi connectivity index (χ0v) is 14.0. The number of rotatable bonds is 4. The van der Waals surface area contributed by atoms with Gasteiger partial charge in [-0.15, -0.1) is 0 Å². The highest BCUT2D eigenvalue weighted by atomic mass is 32.2. The summed E-state index contributed by atoms with van der Waals surface area (Å²) in [7, 11) is -2.23. The number of hydrogen-bond donors (Lipinski definition) is 2. The minimum Gasteiger partial charge on any atom is -0.633 e. The molecule has 1 aromatic carbocycles. The number of aryl methyl sites for hydroxylation is 1. The highest BCUT2D eigenvalue weighted by Crippen LogP contribution is 2.34. The van der Waals surface area contributed by atoms with Gasteiger partial charge in [0.05, 0.1) is 25.9 Å². The quantitative estimate of drug-likeness (QED) is 0.508. The molecule has 2 heterocycles. The molecular weight excluding hydrogens is 316 g/mol. The van der Waals surface area contributed by atoms with E-state index >= 15 is 0 Å². The van der Waals surface area contributed by atoms with Crippen molar-refractivity contribution in [3.05, 3.63) is 40.7 Å². The molecule has 1 aliphatic heterocycles. The topological polar surface area (TPSA) is 93.2 Å². The molecule has 2 N–H and O–H groups in total. The predicted molar refractivity (Wildman–Crippen MR) is 89.7 cm³/mol. The summed E-state index contributed by atoms with van der Waals surface area (Å²) in [4.78, 5) is 3.25. The molecule has 3 rings (SSSR count). The second-order valence-electron chi connectivity index (χ2n) is 6.68. The third-order valence-electron chi connectivity index (χ3n) is 4.77. The Balaban J connectivity index is 1.84. The number of nitrogens with one attached hydrogen (secondary N) is 1. The van der Waals surface area contributed by atoms with E-state index in [2.05, 4.69) is 4.98 Å². The van der Waals surface area contributed by atoms with Gasteiger partial charge in [0.25, 0.3) is 10.1 Å². The maximum Gasteiger partial charge on any atom is 0.265 e. The third kappa shape index (κ3) is 3.92. The molecule has 23 heavy (non-hydrogen) atoms. The van der Waals surface area contributed by atoms with E-state index in [0.29, 0.717) is 25.4 Å². The molecule has 2 aromatic rings. The summed E-state index contributed by atoms with van der Waals surface area (Å²) in [5.41, 5.74) is 3.10. The minimum absolute atomic E-state index is 0.168. The van der Waals surface area contributed by atoms with Crippen LogP contribution in [0.3, 0.4) is 0 Å². The Bertz CT molecular complexity index is 801.